The highest BCUT2D eigenvalue weighted by Gasteiger charge is 2.34. The fourth-order valence-electron chi connectivity index (χ4n) is 4.09. The van der Waals surface area contributed by atoms with Gasteiger partial charge in [0.1, 0.15) is 5.76 Å². The standard InChI is InChI=1S/C26H24N4O2S2/c1-16-6-4-7-19(14-16)24-28-25(32-29-24)22-17(2)30(15-20-8-5-13-31-20)26(33)27-23(22)18-9-11-21(34-3)12-10-18/h4-14,23H,15H2,1-3H3,(H,27,33). The highest BCUT2D eigenvalue weighted by molar-refractivity contribution is 7.98. The van der Waals surface area contributed by atoms with Crippen molar-refractivity contribution < 1.29 is 8.94 Å². The maximum absolute atomic E-state index is 5.83. The number of allylic oxidation sites excluding steroid dienone is 1. The third-order valence-electron chi connectivity index (χ3n) is 5.87. The lowest BCUT2D eigenvalue weighted by Crippen LogP contribution is -2.45. The van der Waals surface area contributed by atoms with Crippen LogP contribution in [0.15, 0.2) is 86.5 Å². The molecule has 8 heteroatoms. The lowest BCUT2D eigenvalue weighted by molar-refractivity contribution is 0.382. The first kappa shape index (κ1) is 22.4. The van der Waals surface area contributed by atoms with Gasteiger partial charge in [0.2, 0.25) is 5.82 Å². The molecule has 4 aromatic rings. The number of aryl methyl sites for hydroxylation is 1. The Morgan fingerprint density at radius 1 is 1.09 bits per heavy atom. The van der Waals surface area contributed by atoms with E-state index in [9.17, 15) is 0 Å². The first-order valence-corrected chi connectivity index (χ1v) is 12.5. The largest absolute Gasteiger partial charge is 0.467 e. The average Bonchev–Trinajstić information content (AvgIpc) is 3.54. The molecule has 1 N–H and O–H groups in total. The highest BCUT2D eigenvalue weighted by Crippen LogP contribution is 2.38. The number of furan rings is 1. The van der Waals surface area contributed by atoms with E-state index in [1.807, 2.05) is 55.1 Å². The minimum atomic E-state index is -0.220. The molecule has 172 valence electrons. The fourth-order valence-corrected chi connectivity index (χ4v) is 4.82. The molecule has 0 aliphatic carbocycles. The number of nitrogens with zero attached hydrogens (tertiary/aromatic N) is 3. The molecule has 0 saturated heterocycles. The van der Waals surface area contributed by atoms with Crippen LogP contribution in [0.4, 0.5) is 0 Å². The molecule has 0 radical (unpaired) electrons. The Hall–Kier alpha value is -3.36. The van der Waals surface area contributed by atoms with Crippen molar-refractivity contribution in [2.75, 3.05) is 6.26 Å². The number of benzene rings is 2. The predicted octanol–water partition coefficient (Wildman–Crippen LogP) is 6.22. The van der Waals surface area contributed by atoms with Gasteiger partial charge in [0.15, 0.2) is 5.11 Å². The van der Waals surface area contributed by atoms with Crippen LogP contribution in [0.1, 0.15) is 35.7 Å². The van der Waals surface area contributed by atoms with Crippen molar-refractivity contribution in [1.82, 2.24) is 20.4 Å². The SMILES string of the molecule is CSc1ccc(C2NC(=S)N(Cc3ccco3)C(C)=C2c2nc(-c3cccc(C)c3)no2)cc1. The van der Waals surface area contributed by atoms with E-state index < -0.39 is 0 Å². The molecule has 2 aromatic heterocycles. The smallest absolute Gasteiger partial charge is 0.258 e. The van der Waals surface area contributed by atoms with E-state index in [4.69, 9.17) is 26.1 Å². The fraction of sp³-hybridized carbons (Fsp3) is 0.192. The Morgan fingerprint density at radius 2 is 1.91 bits per heavy atom. The lowest BCUT2D eigenvalue weighted by Gasteiger charge is -2.37. The molecule has 0 spiro atoms. The van der Waals surface area contributed by atoms with Crippen molar-refractivity contribution in [3.63, 3.8) is 0 Å². The zero-order valence-electron chi connectivity index (χ0n) is 19.1. The normalized spacial score (nSPS) is 16.1. The molecule has 3 heterocycles. The summed E-state index contributed by atoms with van der Waals surface area (Å²) >= 11 is 7.48. The summed E-state index contributed by atoms with van der Waals surface area (Å²) < 4.78 is 11.4. The highest BCUT2D eigenvalue weighted by atomic mass is 32.2. The molecular weight excluding hydrogens is 464 g/mol. The molecule has 6 nitrogen and oxygen atoms in total. The quantitative estimate of drug-likeness (QED) is 0.253. The second-order valence-corrected chi connectivity index (χ2v) is 9.38. The Bertz CT molecular complexity index is 1340. The molecule has 5 rings (SSSR count). The van der Waals surface area contributed by atoms with Crippen LogP contribution < -0.4 is 5.32 Å². The number of hydrogen-bond donors (Lipinski definition) is 1. The van der Waals surface area contributed by atoms with E-state index in [1.54, 1.807) is 18.0 Å². The molecule has 1 unspecified atom stereocenters. The number of thioether (sulfide) groups is 1. The average molecular weight is 489 g/mol. The molecule has 0 bridgehead atoms. The van der Waals surface area contributed by atoms with Crippen molar-refractivity contribution >= 4 is 34.7 Å². The minimum absolute atomic E-state index is 0.220. The topological polar surface area (TPSA) is 67.3 Å². The van der Waals surface area contributed by atoms with Crippen molar-refractivity contribution in [1.29, 1.82) is 0 Å². The van der Waals surface area contributed by atoms with Crippen LogP contribution >= 0.6 is 24.0 Å². The zero-order valence-corrected chi connectivity index (χ0v) is 20.7. The van der Waals surface area contributed by atoms with Gasteiger partial charge in [0.25, 0.3) is 5.89 Å². The van der Waals surface area contributed by atoms with Gasteiger partial charge < -0.3 is 19.2 Å². The molecule has 1 aliphatic rings. The Labute approximate surface area is 208 Å². The summed E-state index contributed by atoms with van der Waals surface area (Å²) in [5.74, 6) is 1.84. The predicted molar refractivity (Wildman–Crippen MR) is 138 cm³/mol. The van der Waals surface area contributed by atoms with E-state index in [0.29, 0.717) is 23.4 Å². The monoisotopic (exact) mass is 488 g/mol. The van der Waals surface area contributed by atoms with Crippen LogP contribution in [0.5, 0.6) is 0 Å². The molecule has 0 amide bonds. The van der Waals surface area contributed by atoms with Gasteiger partial charge >= 0.3 is 0 Å². The van der Waals surface area contributed by atoms with E-state index in [1.165, 1.54) is 4.90 Å². The van der Waals surface area contributed by atoms with Crippen LogP contribution in [0.2, 0.25) is 0 Å². The molecule has 0 fully saturated rings. The van der Waals surface area contributed by atoms with E-state index in [-0.39, 0.29) is 6.04 Å². The summed E-state index contributed by atoms with van der Waals surface area (Å²) in [7, 11) is 0. The molecule has 1 aliphatic heterocycles. The zero-order chi connectivity index (χ0) is 23.7. The van der Waals surface area contributed by atoms with Crippen LogP contribution in [-0.2, 0) is 6.54 Å². The molecule has 34 heavy (non-hydrogen) atoms. The van der Waals surface area contributed by atoms with E-state index >= 15 is 0 Å². The minimum Gasteiger partial charge on any atom is -0.467 e. The molecule has 0 saturated carbocycles. The van der Waals surface area contributed by atoms with Gasteiger partial charge in [-0.05, 0) is 68.2 Å². The van der Waals surface area contributed by atoms with Crippen LogP contribution in [-0.4, -0.2) is 26.4 Å². The molecule has 2 aromatic carbocycles. The summed E-state index contributed by atoms with van der Waals surface area (Å²) in [6, 6.07) is 20.1. The Morgan fingerprint density at radius 3 is 2.62 bits per heavy atom. The van der Waals surface area contributed by atoms with Crippen molar-refractivity contribution in [3.8, 4) is 11.4 Å². The number of nitrogens with one attached hydrogen (secondary N) is 1. The van der Waals surface area contributed by atoms with E-state index in [0.717, 1.165) is 33.7 Å². The maximum Gasteiger partial charge on any atom is 0.258 e. The van der Waals surface area contributed by atoms with Gasteiger partial charge in [0, 0.05) is 16.2 Å². The first-order valence-electron chi connectivity index (χ1n) is 10.9. The lowest BCUT2D eigenvalue weighted by atomic mass is 9.95. The van der Waals surface area contributed by atoms with Crippen molar-refractivity contribution in [2.24, 2.45) is 0 Å². The first-order chi connectivity index (χ1) is 16.5. The molecule has 1 atom stereocenters. The summed E-state index contributed by atoms with van der Waals surface area (Å²) in [5, 5.41) is 8.40. The van der Waals surface area contributed by atoms with E-state index in [2.05, 4.69) is 41.0 Å². The van der Waals surface area contributed by atoms with Gasteiger partial charge in [-0.3, -0.25) is 0 Å². The van der Waals surface area contributed by atoms with Crippen molar-refractivity contribution in [3.05, 3.63) is 95.4 Å². The van der Waals surface area contributed by atoms with Gasteiger partial charge in [-0.25, -0.2) is 0 Å². The number of aromatic nitrogens is 2. The van der Waals surface area contributed by atoms with Crippen LogP contribution in [0.25, 0.3) is 17.0 Å². The summed E-state index contributed by atoms with van der Waals surface area (Å²) in [5.41, 5.74) is 4.96. The van der Waals surface area contributed by atoms with Gasteiger partial charge in [-0.15, -0.1) is 11.8 Å². The van der Waals surface area contributed by atoms with Crippen molar-refractivity contribution in [2.45, 2.75) is 31.3 Å². The third kappa shape index (κ3) is 4.38. The number of rotatable bonds is 6. The summed E-state index contributed by atoms with van der Waals surface area (Å²) in [4.78, 5) is 7.99. The van der Waals surface area contributed by atoms with Crippen LogP contribution in [0, 0.1) is 6.92 Å². The van der Waals surface area contributed by atoms with Gasteiger partial charge in [0.05, 0.1) is 24.4 Å². The summed E-state index contributed by atoms with van der Waals surface area (Å²) in [6.07, 6.45) is 3.73. The van der Waals surface area contributed by atoms with Gasteiger partial charge in [-0.1, -0.05) is 41.1 Å². The second kappa shape index (κ2) is 9.48. The molecular formula is C26H24N4O2S2. The van der Waals surface area contributed by atoms with Gasteiger partial charge in [-0.2, -0.15) is 4.98 Å². The second-order valence-electron chi connectivity index (χ2n) is 8.11. The Balaban J connectivity index is 1.59. The van der Waals surface area contributed by atoms with Crippen LogP contribution in [0.3, 0.4) is 0 Å². The summed E-state index contributed by atoms with van der Waals surface area (Å²) in [6.45, 7) is 4.58. The number of hydrogen-bond acceptors (Lipinski definition) is 6. The third-order valence-corrected chi connectivity index (χ3v) is 6.95. The maximum atomic E-state index is 5.83. The Kier molecular flexibility index (Phi) is 6.26. The number of thiocarbonyl (C=S) groups is 1.